The van der Waals surface area contributed by atoms with E-state index in [4.69, 9.17) is 14.5 Å². The number of imidazole rings is 1. The van der Waals surface area contributed by atoms with E-state index in [1.807, 2.05) is 30.3 Å². The van der Waals surface area contributed by atoms with Crippen LogP contribution in [-0.2, 0) is 13.2 Å². The van der Waals surface area contributed by atoms with E-state index in [1.165, 1.54) is 22.3 Å². The lowest BCUT2D eigenvalue weighted by atomic mass is 10.00. The van der Waals surface area contributed by atoms with Gasteiger partial charge >= 0.3 is 0 Å². The summed E-state index contributed by atoms with van der Waals surface area (Å²) < 4.78 is 13.6. The van der Waals surface area contributed by atoms with Gasteiger partial charge in [-0.15, -0.1) is 0 Å². The summed E-state index contributed by atoms with van der Waals surface area (Å²) in [5.41, 5.74) is 7.34. The molecule has 0 radical (unpaired) electrons. The molecule has 1 heterocycles. The Morgan fingerprint density at radius 2 is 1.59 bits per heavy atom. The molecule has 0 spiro atoms. The van der Waals surface area contributed by atoms with Gasteiger partial charge in [-0.1, -0.05) is 35.9 Å². The number of aromatic nitrogens is 2. The monoisotopic (exact) mass is 386 g/mol. The highest BCUT2D eigenvalue weighted by molar-refractivity contribution is 5.76. The van der Waals surface area contributed by atoms with Gasteiger partial charge in [0.25, 0.3) is 0 Å². The van der Waals surface area contributed by atoms with Gasteiger partial charge in [0.05, 0.1) is 18.1 Å². The van der Waals surface area contributed by atoms with E-state index in [9.17, 15) is 0 Å². The Bertz CT molecular complexity index is 1140. The fourth-order valence-corrected chi connectivity index (χ4v) is 3.87. The Morgan fingerprint density at radius 1 is 0.862 bits per heavy atom. The maximum absolute atomic E-state index is 6.06. The summed E-state index contributed by atoms with van der Waals surface area (Å²) in [6.45, 7) is 7.67. The van der Waals surface area contributed by atoms with Crippen molar-refractivity contribution in [1.29, 1.82) is 0 Å². The largest absolute Gasteiger partial charge is 0.497 e. The van der Waals surface area contributed by atoms with Gasteiger partial charge < -0.3 is 14.0 Å². The van der Waals surface area contributed by atoms with Gasteiger partial charge in [-0.25, -0.2) is 4.98 Å². The Balaban J connectivity index is 1.69. The Kier molecular flexibility index (Phi) is 5.26. The first-order valence-electron chi connectivity index (χ1n) is 9.83. The number of fused-ring (bicyclic) bond motifs is 1. The lowest BCUT2D eigenvalue weighted by Gasteiger charge is -2.15. The maximum Gasteiger partial charge on any atom is 0.148 e. The molecule has 0 aliphatic rings. The van der Waals surface area contributed by atoms with Crippen LogP contribution >= 0.6 is 0 Å². The molecule has 0 aliphatic carbocycles. The zero-order chi connectivity index (χ0) is 20.4. The standard InChI is InChI=1S/C25H26N2O2/c1-17-12-18(2)22(19(3)13-17)15-27-24-11-6-5-10-23(24)26-25(27)16-29-21-9-7-8-20(14-21)28-4/h5-14H,15-16H2,1-4H3. The van der Waals surface area contributed by atoms with Gasteiger partial charge in [0, 0.05) is 12.6 Å². The summed E-state index contributed by atoms with van der Waals surface area (Å²) in [4.78, 5) is 4.85. The summed E-state index contributed by atoms with van der Waals surface area (Å²) in [6, 6.07) is 20.4. The molecule has 4 nitrogen and oxygen atoms in total. The molecule has 148 valence electrons. The third kappa shape index (κ3) is 3.97. The van der Waals surface area contributed by atoms with Crippen molar-refractivity contribution in [2.24, 2.45) is 0 Å². The minimum absolute atomic E-state index is 0.395. The Labute approximate surface area is 171 Å². The van der Waals surface area contributed by atoms with Crippen LogP contribution in [0, 0.1) is 20.8 Å². The van der Waals surface area contributed by atoms with Crippen molar-refractivity contribution < 1.29 is 9.47 Å². The molecule has 0 unspecified atom stereocenters. The van der Waals surface area contributed by atoms with E-state index in [2.05, 4.69) is 55.7 Å². The first kappa shape index (κ1) is 19.1. The van der Waals surface area contributed by atoms with Gasteiger partial charge in [0.1, 0.15) is 23.9 Å². The van der Waals surface area contributed by atoms with Crippen LogP contribution in [0.4, 0.5) is 0 Å². The Morgan fingerprint density at radius 3 is 2.34 bits per heavy atom. The molecule has 0 atom stereocenters. The zero-order valence-corrected chi connectivity index (χ0v) is 17.4. The molecule has 0 saturated carbocycles. The molecule has 29 heavy (non-hydrogen) atoms. The fourth-order valence-electron chi connectivity index (χ4n) is 3.87. The number of benzene rings is 3. The SMILES string of the molecule is COc1cccc(OCc2nc3ccccc3n2Cc2c(C)cc(C)cc2C)c1. The van der Waals surface area contributed by atoms with Crippen LogP contribution < -0.4 is 9.47 Å². The summed E-state index contributed by atoms with van der Waals surface area (Å²) in [6.07, 6.45) is 0. The first-order chi connectivity index (χ1) is 14.0. The van der Waals surface area contributed by atoms with E-state index in [1.54, 1.807) is 7.11 Å². The van der Waals surface area contributed by atoms with Crippen LogP contribution in [0.5, 0.6) is 11.5 Å². The fraction of sp³-hybridized carbons (Fsp3) is 0.240. The van der Waals surface area contributed by atoms with Crippen molar-refractivity contribution in [1.82, 2.24) is 9.55 Å². The highest BCUT2D eigenvalue weighted by Crippen LogP contribution is 2.24. The molecule has 1 aromatic heterocycles. The molecule has 0 amide bonds. The topological polar surface area (TPSA) is 36.3 Å². The minimum atomic E-state index is 0.395. The highest BCUT2D eigenvalue weighted by atomic mass is 16.5. The number of nitrogens with zero attached hydrogens (tertiary/aromatic N) is 2. The van der Waals surface area contributed by atoms with Crippen molar-refractivity contribution in [3.05, 3.63) is 88.7 Å². The highest BCUT2D eigenvalue weighted by Gasteiger charge is 2.14. The predicted octanol–water partition coefficient (Wildman–Crippen LogP) is 5.60. The predicted molar refractivity (Wildman–Crippen MR) is 117 cm³/mol. The Hall–Kier alpha value is -3.27. The van der Waals surface area contributed by atoms with Gasteiger partial charge in [-0.3, -0.25) is 0 Å². The van der Waals surface area contributed by atoms with Crippen LogP contribution in [0.1, 0.15) is 28.1 Å². The van der Waals surface area contributed by atoms with Crippen molar-refractivity contribution in [3.63, 3.8) is 0 Å². The summed E-state index contributed by atoms with van der Waals surface area (Å²) in [5.74, 6) is 2.46. The van der Waals surface area contributed by atoms with E-state index >= 15 is 0 Å². The number of methoxy groups -OCH3 is 1. The number of para-hydroxylation sites is 2. The van der Waals surface area contributed by atoms with Crippen LogP contribution in [0.3, 0.4) is 0 Å². The van der Waals surface area contributed by atoms with Crippen LogP contribution in [0.2, 0.25) is 0 Å². The number of aryl methyl sites for hydroxylation is 3. The molecule has 4 heteroatoms. The second kappa shape index (κ2) is 8.00. The lowest BCUT2D eigenvalue weighted by molar-refractivity contribution is 0.289. The third-order valence-corrected chi connectivity index (χ3v) is 5.30. The van der Waals surface area contributed by atoms with Crippen molar-refractivity contribution in [2.45, 2.75) is 33.9 Å². The third-order valence-electron chi connectivity index (χ3n) is 5.30. The first-order valence-corrected chi connectivity index (χ1v) is 9.83. The number of hydrogen-bond acceptors (Lipinski definition) is 3. The van der Waals surface area contributed by atoms with E-state index < -0.39 is 0 Å². The molecule has 4 aromatic rings. The zero-order valence-electron chi connectivity index (χ0n) is 17.4. The molecule has 0 bridgehead atoms. The number of rotatable bonds is 6. The molecule has 0 fully saturated rings. The van der Waals surface area contributed by atoms with Gasteiger partial charge in [-0.2, -0.15) is 0 Å². The average molecular weight is 386 g/mol. The van der Waals surface area contributed by atoms with Gasteiger partial charge in [0.15, 0.2) is 0 Å². The van der Waals surface area contributed by atoms with Gasteiger partial charge in [0.2, 0.25) is 0 Å². The average Bonchev–Trinajstić information content (AvgIpc) is 3.06. The molecular weight excluding hydrogens is 360 g/mol. The van der Waals surface area contributed by atoms with Crippen LogP contribution in [-0.4, -0.2) is 16.7 Å². The van der Waals surface area contributed by atoms with E-state index in [0.29, 0.717) is 6.61 Å². The number of ether oxygens (including phenoxy) is 2. The summed E-state index contributed by atoms with van der Waals surface area (Å²) >= 11 is 0. The smallest absolute Gasteiger partial charge is 0.148 e. The van der Waals surface area contributed by atoms with Crippen LogP contribution in [0.15, 0.2) is 60.7 Å². The van der Waals surface area contributed by atoms with E-state index in [0.717, 1.165) is 34.9 Å². The summed E-state index contributed by atoms with van der Waals surface area (Å²) in [5, 5.41) is 0. The van der Waals surface area contributed by atoms with E-state index in [-0.39, 0.29) is 0 Å². The van der Waals surface area contributed by atoms with Crippen LogP contribution in [0.25, 0.3) is 11.0 Å². The summed E-state index contributed by atoms with van der Waals surface area (Å²) in [7, 11) is 1.66. The molecule has 0 N–H and O–H groups in total. The molecule has 0 aliphatic heterocycles. The second-order valence-electron chi connectivity index (χ2n) is 7.45. The molecule has 0 saturated heterocycles. The van der Waals surface area contributed by atoms with Crippen molar-refractivity contribution >= 4 is 11.0 Å². The molecular formula is C25H26N2O2. The minimum Gasteiger partial charge on any atom is -0.497 e. The van der Waals surface area contributed by atoms with Gasteiger partial charge in [-0.05, 0) is 61.7 Å². The molecule has 3 aromatic carbocycles. The molecule has 4 rings (SSSR count). The maximum atomic E-state index is 6.06. The lowest BCUT2D eigenvalue weighted by Crippen LogP contribution is -2.10. The quantitative estimate of drug-likeness (QED) is 0.433. The van der Waals surface area contributed by atoms with Crippen molar-refractivity contribution in [3.8, 4) is 11.5 Å². The number of hydrogen-bond donors (Lipinski definition) is 0. The normalized spacial score (nSPS) is 11.0. The van der Waals surface area contributed by atoms with Crippen molar-refractivity contribution in [2.75, 3.05) is 7.11 Å². The second-order valence-corrected chi connectivity index (χ2v) is 7.45.